The minimum absolute atomic E-state index is 0.112. The number of hydrogen-bond acceptors (Lipinski definition) is 2. The van der Waals surface area contributed by atoms with E-state index in [0.29, 0.717) is 0 Å². The lowest BCUT2D eigenvalue weighted by atomic mass is 9.82. The molecule has 0 aliphatic heterocycles. The molecule has 1 aromatic heterocycles. The molecule has 2 aliphatic carbocycles. The number of fused-ring (bicyclic) bond motifs is 11. The number of furan rings is 1. The van der Waals surface area contributed by atoms with E-state index in [1.165, 1.54) is 71.8 Å². The average molecular weight is 694 g/mol. The van der Waals surface area contributed by atoms with Crippen LogP contribution in [0.4, 0.5) is 17.1 Å². The van der Waals surface area contributed by atoms with Gasteiger partial charge in [0.15, 0.2) is 0 Å². The number of para-hydroxylation sites is 1. The van der Waals surface area contributed by atoms with Crippen LogP contribution < -0.4 is 4.90 Å². The molecule has 8 aromatic carbocycles. The summed E-state index contributed by atoms with van der Waals surface area (Å²) in [6.07, 6.45) is 0. The van der Waals surface area contributed by atoms with Crippen LogP contribution >= 0.6 is 0 Å². The topological polar surface area (TPSA) is 16.4 Å². The molecule has 0 amide bonds. The van der Waals surface area contributed by atoms with E-state index in [1.807, 2.05) is 6.07 Å². The summed E-state index contributed by atoms with van der Waals surface area (Å²) < 4.78 is 6.37. The first-order valence-electron chi connectivity index (χ1n) is 19.0. The lowest BCUT2D eigenvalue weighted by Gasteiger charge is -2.30. The van der Waals surface area contributed by atoms with Gasteiger partial charge in [0.1, 0.15) is 11.2 Å². The van der Waals surface area contributed by atoms with E-state index in [4.69, 9.17) is 4.42 Å². The third-order valence-electron chi connectivity index (χ3n) is 12.4. The van der Waals surface area contributed by atoms with Gasteiger partial charge in [-0.1, -0.05) is 143 Å². The Hall–Kier alpha value is -6.38. The van der Waals surface area contributed by atoms with E-state index in [9.17, 15) is 0 Å². The van der Waals surface area contributed by atoms with Crippen LogP contribution in [0.5, 0.6) is 0 Å². The first kappa shape index (κ1) is 31.2. The highest BCUT2D eigenvalue weighted by Gasteiger charge is 2.37. The number of rotatable bonds is 4. The van der Waals surface area contributed by atoms with Crippen molar-refractivity contribution < 1.29 is 4.42 Å². The minimum atomic E-state index is -0.112. The van der Waals surface area contributed by atoms with E-state index in [-0.39, 0.29) is 10.8 Å². The predicted octanol–water partition coefficient (Wildman–Crippen LogP) is 14.5. The Morgan fingerprint density at radius 1 is 0.389 bits per heavy atom. The van der Waals surface area contributed by atoms with Crippen molar-refractivity contribution >= 4 is 49.8 Å². The van der Waals surface area contributed by atoms with E-state index >= 15 is 0 Å². The average Bonchev–Trinajstić information content (AvgIpc) is 3.78. The van der Waals surface area contributed by atoms with Gasteiger partial charge in [0.25, 0.3) is 0 Å². The van der Waals surface area contributed by atoms with Gasteiger partial charge in [0.05, 0.1) is 0 Å². The van der Waals surface area contributed by atoms with Crippen LogP contribution in [0.1, 0.15) is 49.9 Å². The summed E-state index contributed by atoms with van der Waals surface area (Å²) >= 11 is 0. The summed E-state index contributed by atoms with van der Waals surface area (Å²) in [6.45, 7) is 9.45. The maximum atomic E-state index is 6.37. The van der Waals surface area contributed by atoms with Crippen LogP contribution in [-0.2, 0) is 10.8 Å². The highest BCUT2D eigenvalue weighted by molar-refractivity contribution is 6.22. The molecular weight excluding hydrogens is 655 g/mol. The first-order chi connectivity index (χ1) is 26.3. The van der Waals surface area contributed by atoms with Crippen LogP contribution in [0.2, 0.25) is 0 Å². The van der Waals surface area contributed by atoms with E-state index in [0.717, 1.165) is 33.6 Å². The SMILES string of the molecule is CC1(C)c2ccccc2-c2ccc(N(c3cccc(-c4cccc5ccc6oc7ccccc7c6c45)c3)c3ccc4c(c3)C(C)(C)c3ccccc3-4)cc21. The van der Waals surface area contributed by atoms with Crippen molar-refractivity contribution in [3.63, 3.8) is 0 Å². The summed E-state index contributed by atoms with van der Waals surface area (Å²) in [5.74, 6) is 0. The van der Waals surface area contributed by atoms with Gasteiger partial charge in [0.2, 0.25) is 0 Å². The lowest BCUT2D eigenvalue weighted by molar-refractivity contribution is 0.660. The predicted molar refractivity (Wildman–Crippen MR) is 226 cm³/mol. The van der Waals surface area contributed by atoms with Crippen LogP contribution in [0, 0.1) is 0 Å². The third-order valence-corrected chi connectivity index (χ3v) is 12.4. The van der Waals surface area contributed by atoms with Crippen LogP contribution in [-0.4, -0.2) is 0 Å². The van der Waals surface area contributed by atoms with Gasteiger partial charge in [-0.25, -0.2) is 0 Å². The van der Waals surface area contributed by atoms with Crippen LogP contribution in [0.25, 0.3) is 66.1 Å². The summed E-state index contributed by atoms with van der Waals surface area (Å²) in [4.78, 5) is 2.47. The normalized spacial score (nSPS) is 14.6. The van der Waals surface area contributed by atoms with Crippen molar-refractivity contribution in [2.45, 2.75) is 38.5 Å². The summed E-state index contributed by atoms with van der Waals surface area (Å²) in [6, 6.07) is 60.4. The fourth-order valence-electron chi connectivity index (χ4n) is 9.76. The molecule has 0 atom stereocenters. The molecule has 0 saturated heterocycles. The first-order valence-corrected chi connectivity index (χ1v) is 19.0. The van der Waals surface area contributed by atoms with Gasteiger partial charge in [0, 0.05) is 44.1 Å². The lowest BCUT2D eigenvalue weighted by Crippen LogP contribution is -2.18. The largest absolute Gasteiger partial charge is 0.456 e. The second-order valence-corrected chi connectivity index (χ2v) is 16.1. The van der Waals surface area contributed by atoms with Crippen molar-refractivity contribution in [2.24, 2.45) is 0 Å². The van der Waals surface area contributed by atoms with E-state index < -0.39 is 0 Å². The Morgan fingerprint density at radius 3 is 1.63 bits per heavy atom. The van der Waals surface area contributed by atoms with Crippen molar-refractivity contribution in [1.29, 1.82) is 0 Å². The molecule has 0 saturated carbocycles. The molecule has 0 bridgehead atoms. The van der Waals surface area contributed by atoms with Crippen LogP contribution in [0.3, 0.4) is 0 Å². The minimum Gasteiger partial charge on any atom is -0.456 e. The Labute approximate surface area is 315 Å². The van der Waals surface area contributed by atoms with Gasteiger partial charge < -0.3 is 9.32 Å². The van der Waals surface area contributed by atoms with E-state index in [1.54, 1.807) is 0 Å². The Kier molecular flexibility index (Phi) is 6.39. The number of benzene rings is 8. The second kappa shape index (κ2) is 11.1. The highest BCUT2D eigenvalue weighted by Crippen LogP contribution is 2.53. The molecule has 2 nitrogen and oxygen atoms in total. The monoisotopic (exact) mass is 693 g/mol. The second-order valence-electron chi connectivity index (χ2n) is 16.1. The maximum absolute atomic E-state index is 6.37. The number of hydrogen-bond donors (Lipinski definition) is 0. The zero-order valence-corrected chi connectivity index (χ0v) is 30.9. The molecule has 0 spiro atoms. The standard InChI is InChI=1S/C52H39NO/c1-51(2)43-20-8-5-16-38(43)40-26-24-35(30-45(40)51)53(36-25-27-41-39-17-6-9-21-44(39)52(3,4)46(41)31-36)34-15-11-14-33(29-34)37-19-12-13-32-23-28-48-50(49(32)37)42-18-7-10-22-47(42)54-48/h5-31H,1-4H3. The van der Waals surface area contributed by atoms with Gasteiger partial charge in [-0.05, 0) is 110 Å². The van der Waals surface area contributed by atoms with Crippen molar-refractivity contribution in [3.8, 4) is 33.4 Å². The van der Waals surface area contributed by atoms with Crippen molar-refractivity contribution in [2.75, 3.05) is 4.90 Å². The molecule has 9 aromatic rings. The maximum Gasteiger partial charge on any atom is 0.136 e. The fraction of sp³-hybridized carbons (Fsp3) is 0.115. The Bertz CT molecular complexity index is 2910. The van der Waals surface area contributed by atoms with Gasteiger partial charge in [-0.2, -0.15) is 0 Å². The van der Waals surface area contributed by atoms with Crippen molar-refractivity contribution in [1.82, 2.24) is 0 Å². The summed E-state index contributed by atoms with van der Waals surface area (Å²) in [7, 11) is 0. The zero-order chi connectivity index (χ0) is 36.3. The number of nitrogens with zero attached hydrogens (tertiary/aromatic N) is 1. The Morgan fingerprint density at radius 2 is 0.944 bits per heavy atom. The van der Waals surface area contributed by atoms with E-state index in [2.05, 4.69) is 190 Å². The molecule has 0 unspecified atom stereocenters. The van der Waals surface area contributed by atoms with Gasteiger partial charge in [-0.3, -0.25) is 0 Å². The molecule has 0 radical (unpaired) electrons. The number of anilines is 3. The zero-order valence-electron chi connectivity index (χ0n) is 30.9. The molecule has 1 heterocycles. The molecule has 2 aliphatic rings. The molecule has 11 rings (SSSR count). The Balaban J connectivity index is 1.13. The third kappa shape index (κ3) is 4.28. The molecule has 0 N–H and O–H groups in total. The molecule has 2 heteroatoms. The molecule has 0 fully saturated rings. The van der Waals surface area contributed by atoms with Crippen LogP contribution in [0.15, 0.2) is 168 Å². The fourth-order valence-corrected chi connectivity index (χ4v) is 9.76. The highest BCUT2D eigenvalue weighted by atomic mass is 16.3. The molecule has 258 valence electrons. The quantitative estimate of drug-likeness (QED) is 0.182. The molecule has 54 heavy (non-hydrogen) atoms. The molecular formula is C52H39NO. The summed E-state index contributed by atoms with van der Waals surface area (Å²) in [5.41, 5.74) is 18.2. The smallest absolute Gasteiger partial charge is 0.136 e. The van der Waals surface area contributed by atoms with Gasteiger partial charge in [-0.15, -0.1) is 0 Å². The van der Waals surface area contributed by atoms with Crippen molar-refractivity contribution in [3.05, 3.63) is 186 Å². The van der Waals surface area contributed by atoms with Gasteiger partial charge >= 0.3 is 0 Å². The summed E-state index contributed by atoms with van der Waals surface area (Å²) in [5, 5.41) is 4.74.